The van der Waals surface area contributed by atoms with Crippen LogP contribution in [0.3, 0.4) is 0 Å². The number of hydrogen-bond donors (Lipinski definition) is 2. The fraction of sp³-hybridized carbons (Fsp3) is 0.600. The Kier molecular flexibility index (Phi) is 3.35. The Hall–Kier alpha value is -0.570. The molecule has 0 radical (unpaired) electrons. The molecule has 18 heavy (non-hydrogen) atoms. The second kappa shape index (κ2) is 4.84. The SMILES string of the molecule is O[C@]12CCCC[C@H]1[C@H](c1cccc(Cl)c1)[NH2+]CC2. The number of nitrogens with two attached hydrogens (primary N) is 1. The Morgan fingerprint density at radius 2 is 2.17 bits per heavy atom. The van der Waals surface area contributed by atoms with Crippen LogP contribution in [0.4, 0.5) is 0 Å². The van der Waals surface area contributed by atoms with Crippen molar-refractivity contribution in [3.05, 3.63) is 34.9 Å². The highest BCUT2D eigenvalue weighted by Crippen LogP contribution is 2.43. The summed E-state index contributed by atoms with van der Waals surface area (Å²) >= 11 is 6.10. The van der Waals surface area contributed by atoms with Gasteiger partial charge in [-0.25, -0.2) is 0 Å². The minimum absolute atomic E-state index is 0.378. The monoisotopic (exact) mass is 266 g/mol. The van der Waals surface area contributed by atoms with Gasteiger partial charge in [-0.1, -0.05) is 36.6 Å². The third-order valence-corrected chi connectivity index (χ3v) is 4.97. The number of halogens is 1. The summed E-state index contributed by atoms with van der Waals surface area (Å²) in [5.41, 5.74) is 0.840. The molecule has 1 aliphatic heterocycles. The van der Waals surface area contributed by atoms with E-state index in [-0.39, 0.29) is 0 Å². The van der Waals surface area contributed by atoms with E-state index in [4.69, 9.17) is 11.6 Å². The van der Waals surface area contributed by atoms with E-state index in [1.165, 1.54) is 18.4 Å². The van der Waals surface area contributed by atoms with Crippen molar-refractivity contribution in [1.82, 2.24) is 0 Å². The Balaban J connectivity index is 1.91. The molecular formula is C15H21ClNO+. The van der Waals surface area contributed by atoms with Gasteiger partial charge in [0.05, 0.1) is 12.1 Å². The molecular weight excluding hydrogens is 246 g/mol. The maximum Gasteiger partial charge on any atom is 0.117 e. The number of hydrogen-bond acceptors (Lipinski definition) is 1. The predicted octanol–water partition coefficient (Wildman–Crippen LogP) is 2.27. The number of aliphatic hydroxyl groups is 1. The van der Waals surface area contributed by atoms with Gasteiger partial charge in [-0.15, -0.1) is 0 Å². The summed E-state index contributed by atoms with van der Waals surface area (Å²) < 4.78 is 0. The molecule has 2 nitrogen and oxygen atoms in total. The smallest absolute Gasteiger partial charge is 0.117 e. The molecule has 1 heterocycles. The highest BCUT2D eigenvalue weighted by atomic mass is 35.5. The second-order valence-electron chi connectivity index (χ2n) is 5.81. The van der Waals surface area contributed by atoms with E-state index >= 15 is 0 Å². The van der Waals surface area contributed by atoms with Crippen LogP contribution in [0.5, 0.6) is 0 Å². The number of quaternary nitrogens is 1. The van der Waals surface area contributed by atoms with Gasteiger partial charge in [0.2, 0.25) is 0 Å². The van der Waals surface area contributed by atoms with Gasteiger partial charge in [0.1, 0.15) is 6.04 Å². The van der Waals surface area contributed by atoms with Gasteiger partial charge in [0.25, 0.3) is 0 Å². The fourth-order valence-electron chi connectivity index (χ4n) is 3.83. The third-order valence-electron chi connectivity index (χ3n) is 4.73. The molecule has 1 saturated carbocycles. The van der Waals surface area contributed by atoms with Gasteiger partial charge in [0.15, 0.2) is 0 Å². The summed E-state index contributed by atoms with van der Waals surface area (Å²) in [6, 6.07) is 8.52. The van der Waals surface area contributed by atoms with Crippen LogP contribution >= 0.6 is 11.6 Å². The Morgan fingerprint density at radius 1 is 1.28 bits per heavy atom. The predicted molar refractivity (Wildman–Crippen MR) is 72.5 cm³/mol. The summed E-state index contributed by atoms with van der Waals surface area (Å²) in [5.74, 6) is 0.387. The van der Waals surface area contributed by atoms with E-state index in [2.05, 4.69) is 17.4 Å². The van der Waals surface area contributed by atoms with Crippen LogP contribution in [0, 0.1) is 5.92 Å². The topological polar surface area (TPSA) is 36.8 Å². The van der Waals surface area contributed by atoms with Crippen molar-refractivity contribution < 1.29 is 10.4 Å². The molecule has 2 fully saturated rings. The van der Waals surface area contributed by atoms with Crippen LogP contribution in [-0.4, -0.2) is 17.3 Å². The molecule has 3 N–H and O–H groups in total. The van der Waals surface area contributed by atoms with Crippen molar-refractivity contribution in [2.24, 2.45) is 5.92 Å². The lowest BCUT2D eigenvalue weighted by atomic mass is 9.67. The van der Waals surface area contributed by atoms with E-state index in [1.54, 1.807) is 0 Å². The molecule has 3 atom stereocenters. The third kappa shape index (κ3) is 2.18. The van der Waals surface area contributed by atoms with Crippen molar-refractivity contribution >= 4 is 11.6 Å². The van der Waals surface area contributed by atoms with Crippen LogP contribution < -0.4 is 5.32 Å². The summed E-state index contributed by atoms with van der Waals surface area (Å²) in [6.07, 6.45) is 5.48. The van der Waals surface area contributed by atoms with Crippen LogP contribution in [0.25, 0.3) is 0 Å². The molecule has 0 aromatic heterocycles. The van der Waals surface area contributed by atoms with Gasteiger partial charge < -0.3 is 10.4 Å². The molecule has 2 aliphatic rings. The normalized spacial score (nSPS) is 36.1. The highest BCUT2D eigenvalue weighted by molar-refractivity contribution is 6.30. The molecule has 0 bridgehead atoms. The van der Waals surface area contributed by atoms with E-state index in [0.717, 1.165) is 30.8 Å². The maximum absolute atomic E-state index is 10.8. The van der Waals surface area contributed by atoms with Crippen molar-refractivity contribution in [2.75, 3.05) is 6.54 Å². The average Bonchev–Trinajstić information content (AvgIpc) is 2.37. The second-order valence-corrected chi connectivity index (χ2v) is 6.25. The van der Waals surface area contributed by atoms with Crippen molar-refractivity contribution in [1.29, 1.82) is 0 Å². The maximum atomic E-state index is 10.8. The summed E-state index contributed by atoms with van der Waals surface area (Å²) in [5, 5.41) is 14.0. The number of rotatable bonds is 1. The molecule has 1 aromatic carbocycles. The fourth-order valence-corrected chi connectivity index (χ4v) is 4.03. The molecule has 3 heteroatoms. The van der Waals surface area contributed by atoms with E-state index in [0.29, 0.717) is 12.0 Å². The van der Waals surface area contributed by atoms with Gasteiger partial charge in [-0.2, -0.15) is 0 Å². The molecule has 1 saturated heterocycles. The number of benzene rings is 1. The molecule has 98 valence electrons. The number of fused-ring (bicyclic) bond motifs is 1. The summed E-state index contributed by atoms with van der Waals surface area (Å²) in [6.45, 7) is 1.02. The Labute approximate surface area is 113 Å². The Bertz CT molecular complexity index is 432. The lowest BCUT2D eigenvalue weighted by molar-refractivity contribution is -0.719. The molecule has 0 unspecified atom stereocenters. The number of piperidine rings is 1. The molecule has 1 aliphatic carbocycles. The summed E-state index contributed by atoms with van der Waals surface area (Å²) in [4.78, 5) is 0. The van der Waals surface area contributed by atoms with Crippen LogP contribution in [-0.2, 0) is 0 Å². The average molecular weight is 267 g/mol. The van der Waals surface area contributed by atoms with Gasteiger partial charge >= 0.3 is 0 Å². The quantitative estimate of drug-likeness (QED) is 0.804. The molecule has 1 aromatic rings. The van der Waals surface area contributed by atoms with E-state index in [9.17, 15) is 5.11 Å². The zero-order valence-corrected chi connectivity index (χ0v) is 11.4. The first-order valence-corrected chi connectivity index (χ1v) is 7.38. The van der Waals surface area contributed by atoms with Crippen LogP contribution in [0.1, 0.15) is 43.7 Å². The highest BCUT2D eigenvalue weighted by Gasteiger charge is 2.48. The van der Waals surface area contributed by atoms with Crippen molar-refractivity contribution in [3.63, 3.8) is 0 Å². The zero-order chi connectivity index (χ0) is 12.6. The lowest BCUT2D eigenvalue weighted by Gasteiger charge is -2.46. The van der Waals surface area contributed by atoms with Crippen LogP contribution in [0.2, 0.25) is 5.02 Å². The van der Waals surface area contributed by atoms with E-state index in [1.807, 2.05) is 12.1 Å². The molecule has 0 spiro atoms. The first kappa shape index (κ1) is 12.5. The molecule has 0 amide bonds. The first-order chi connectivity index (χ1) is 8.69. The first-order valence-electron chi connectivity index (χ1n) is 7.00. The summed E-state index contributed by atoms with van der Waals surface area (Å²) in [7, 11) is 0. The van der Waals surface area contributed by atoms with Gasteiger partial charge in [0, 0.05) is 22.9 Å². The van der Waals surface area contributed by atoms with Crippen molar-refractivity contribution in [2.45, 2.75) is 43.7 Å². The standard InChI is InChI=1S/C15H20ClNO/c16-12-5-3-4-11(10-12)14-13-6-1-2-7-15(13,18)8-9-17-14/h3-5,10,13-14,17-18H,1-2,6-9H2/p+1/t13-,14-,15-/m0/s1. The van der Waals surface area contributed by atoms with Crippen LogP contribution in [0.15, 0.2) is 24.3 Å². The molecule has 3 rings (SSSR count). The van der Waals surface area contributed by atoms with E-state index < -0.39 is 5.60 Å². The van der Waals surface area contributed by atoms with Gasteiger partial charge in [-0.3, -0.25) is 0 Å². The van der Waals surface area contributed by atoms with Gasteiger partial charge in [-0.05, 0) is 25.0 Å². The minimum atomic E-state index is -0.431. The Morgan fingerprint density at radius 3 is 3.00 bits per heavy atom. The van der Waals surface area contributed by atoms with Crippen molar-refractivity contribution in [3.8, 4) is 0 Å². The zero-order valence-electron chi connectivity index (χ0n) is 10.6. The lowest BCUT2D eigenvalue weighted by Crippen LogP contribution is -2.91. The minimum Gasteiger partial charge on any atom is -0.389 e. The largest absolute Gasteiger partial charge is 0.389 e.